The summed E-state index contributed by atoms with van der Waals surface area (Å²) in [5.41, 5.74) is 0. The summed E-state index contributed by atoms with van der Waals surface area (Å²) in [5, 5.41) is 0. The predicted molar refractivity (Wildman–Crippen MR) is 32.7 cm³/mol. The van der Waals surface area contributed by atoms with E-state index in [9.17, 15) is 0 Å². The zero-order valence-electron chi connectivity index (χ0n) is 5.23. The first-order valence-electron chi connectivity index (χ1n) is 3.18. The van der Waals surface area contributed by atoms with Gasteiger partial charge in [-0.1, -0.05) is 0 Å². The van der Waals surface area contributed by atoms with E-state index in [0.717, 1.165) is 3.92 Å². The SMILES string of the molecule is CCCC1C=CC[I-]1. The Labute approximate surface area is 61.6 Å². The van der Waals surface area contributed by atoms with Crippen LogP contribution in [-0.4, -0.2) is 8.35 Å². The van der Waals surface area contributed by atoms with Gasteiger partial charge in [0.25, 0.3) is 0 Å². The Morgan fingerprint density at radius 2 is 2.62 bits per heavy atom. The van der Waals surface area contributed by atoms with E-state index in [1.165, 1.54) is 17.3 Å². The first-order chi connectivity index (χ1) is 3.93. The van der Waals surface area contributed by atoms with Crippen LogP contribution in [0.25, 0.3) is 0 Å². The molecule has 8 heavy (non-hydrogen) atoms. The van der Waals surface area contributed by atoms with Gasteiger partial charge in [-0.25, -0.2) is 0 Å². The fourth-order valence-electron chi connectivity index (χ4n) is 0.866. The normalized spacial score (nSPS) is 27.9. The predicted octanol–water partition coefficient (Wildman–Crippen LogP) is -1.19. The van der Waals surface area contributed by atoms with E-state index < -0.39 is 0 Å². The fraction of sp³-hybridized carbons (Fsp3) is 0.714. The molecule has 1 rings (SSSR count). The molecule has 1 heteroatoms. The van der Waals surface area contributed by atoms with E-state index >= 15 is 0 Å². The molecular weight excluding hydrogens is 211 g/mol. The van der Waals surface area contributed by atoms with Crippen LogP contribution in [0.3, 0.4) is 0 Å². The van der Waals surface area contributed by atoms with Crippen molar-refractivity contribution in [3.63, 3.8) is 0 Å². The molecule has 0 N–H and O–H groups in total. The number of hydrogen-bond acceptors (Lipinski definition) is 0. The van der Waals surface area contributed by atoms with Crippen molar-refractivity contribution in [2.45, 2.75) is 23.7 Å². The average molecular weight is 223 g/mol. The van der Waals surface area contributed by atoms with Crippen molar-refractivity contribution in [2.75, 3.05) is 4.43 Å². The van der Waals surface area contributed by atoms with Gasteiger partial charge in [0.05, 0.1) is 0 Å². The van der Waals surface area contributed by atoms with Crippen molar-refractivity contribution in [3.8, 4) is 0 Å². The van der Waals surface area contributed by atoms with Gasteiger partial charge in [-0.05, 0) is 0 Å². The summed E-state index contributed by atoms with van der Waals surface area (Å²) in [6, 6.07) is 0. The second kappa shape index (κ2) is 3.49. The van der Waals surface area contributed by atoms with Gasteiger partial charge in [0, 0.05) is 0 Å². The summed E-state index contributed by atoms with van der Waals surface area (Å²) in [6.45, 7) is 2.27. The molecule has 0 aliphatic carbocycles. The second-order valence-corrected chi connectivity index (χ2v) is 5.40. The molecule has 0 aromatic heterocycles. The third-order valence-corrected chi connectivity index (χ3v) is 4.47. The van der Waals surface area contributed by atoms with Gasteiger partial charge in [0.15, 0.2) is 0 Å². The molecule has 0 nitrogen and oxygen atoms in total. The molecule has 0 saturated heterocycles. The zero-order valence-corrected chi connectivity index (χ0v) is 7.39. The molecule has 1 unspecified atom stereocenters. The minimum atomic E-state index is 0.559. The third kappa shape index (κ3) is 1.77. The quantitative estimate of drug-likeness (QED) is 0.314. The van der Waals surface area contributed by atoms with E-state index in [1.54, 1.807) is 0 Å². The molecule has 1 heterocycles. The second-order valence-electron chi connectivity index (χ2n) is 2.04. The van der Waals surface area contributed by atoms with Crippen LogP contribution < -0.4 is 21.2 Å². The Kier molecular flexibility index (Phi) is 2.87. The van der Waals surface area contributed by atoms with Crippen LogP contribution in [0.15, 0.2) is 12.2 Å². The molecule has 0 amide bonds. The van der Waals surface area contributed by atoms with Crippen LogP contribution in [-0.2, 0) is 0 Å². The van der Waals surface area contributed by atoms with Crippen molar-refractivity contribution in [1.82, 2.24) is 0 Å². The molecular formula is C7H12I-. The number of rotatable bonds is 2. The Morgan fingerprint density at radius 3 is 3.12 bits per heavy atom. The van der Waals surface area contributed by atoms with Crippen molar-refractivity contribution in [3.05, 3.63) is 12.2 Å². The van der Waals surface area contributed by atoms with Gasteiger partial charge in [0.1, 0.15) is 0 Å². The number of halogens is 1. The third-order valence-electron chi connectivity index (χ3n) is 1.29. The standard InChI is InChI=1S/C7H12I/c1-2-4-7-5-3-6-8-7/h3,5,7H,2,4,6H2,1H3/q-1. The van der Waals surface area contributed by atoms with Crippen molar-refractivity contribution in [1.29, 1.82) is 0 Å². The van der Waals surface area contributed by atoms with Crippen LogP contribution in [0.4, 0.5) is 0 Å². The van der Waals surface area contributed by atoms with E-state index in [0.29, 0.717) is 21.2 Å². The Balaban J connectivity index is 2.16. The molecule has 0 aromatic carbocycles. The Morgan fingerprint density at radius 1 is 1.75 bits per heavy atom. The van der Waals surface area contributed by atoms with Crippen molar-refractivity contribution in [2.24, 2.45) is 0 Å². The van der Waals surface area contributed by atoms with Crippen LogP contribution in [0.1, 0.15) is 19.8 Å². The minimum absolute atomic E-state index is 0.559. The number of alkyl halides is 2. The van der Waals surface area contributed by atoms with Crippen LogP contribution in [0, 0.1) is 0 Å². The molecule has 0 saturated carbocycles. The van der Waals surface area contributed by atoms with Gasteiger partial charge in [0.2, 0.25) is 0 Å². The van der Waals surface area contributed by atoms with Gasteiger partial charge >= 0.3 is 61.5 Å². The topological polar surface area (TPSA) is 0 Å². The molecule has 1 aliphatic rings. The van der Waals surface area contributed by atoms with Crippen molar-refractivity contribution < 1.29 is 21.2 Å². The summed E-state index contributed by atoms with van der Waals surface area (Å²) in [7, 11) is 0. The summed E-state index contributed by atoms with van der Waals surface area (Å²) in [5.74, 6) is 0. The summed E-state index contributed by atoms with van der Waals surface area (Å²) in [6.07, 6.45) is 7.59. The first kappa shape index (κ1) is 6.59. The van der Waals surface area contributed by atoms with E-state index in [-0.39, 0.29) is 0 Å². The fourth-order valence-corrected chi connectivity index (χ4v) is 3.76. The Bertz CT molecular complexity index is 86.4. The van der Waals surface area contributed by atoms with Gasteiger partial charge in [-0.15, -0.1) is 0 Å². The number of hydrogen-bond donors (Lipinski definition) is 0. The van der Waals surface area contributed by atoms with Crippen LogP contribution in [0.5, 0.6) is 0 Å². The van der Waals surface area contributed by atoms with Crippen molar-refractivity contribution >= 4 is 0 Å². The first-order valence-corrected chi connectivity index (χ1v) is 5.95. The maximum absolute atomic E-state index is 2.41. The monoisotopic (exact) mass is 223 g/mol. The molecule has 0 aromatic rings. The average Bonchev–Trinajstić information content (AvgIpc) is 2.19. The van der Waals surface area contributed by atoms with Gasteiger partial charge < -0.3 is 0 Å². The summed E-state index contributed by atoms with van der Waals surface area (Å²) >= 11 is 0.559. The zero-order chi connectivity index (χ0) is 5.82. The van der Waals surface area contributed by atoms with E-state index in [4.69, 9.17) is 0 Å². The summed E-state index contributed by atoms with van der Waals surface area (Å²) < 4.78 is 2.47. The van der Waals surface area contributed by atoms with Crippen LogP contribution in [0.2, 0.25) is 0 Å². The van der Waals surface area contributed by atoms with E-state index in [2.05, 4.69) is 19.1 Å². The van der Waals surface area contributed by atoms with Crippen LogP contribution >= 0.6 is 0 Å². The molecule has 1 aliphatic heterocycles. The van der Waals surface area contributed by atoms with Gasteiger partial charge in [-0.3, -0.25) is 0 Å². The Hall–Kier alpha value is 0.470. The molecule has 48 valence electrons. The maximum atomic E-state index is 2.41. The molecule has 1 atom stereocenters. The van der Waals surface area contributed by atoms with E-state index in [1.807, 2.05) is 0 Å². The number of allylic oxidation sites excluding steroid dienone is 2. The summed E-state index contributed by atoms with van der Waals surface area (Å²) in [4.78, 5) is 0. The molecule has 0 spiro atoms. The molecule has 0 fully saturated rings. The van der Waals surface area contributed by atoms with Gasteiger partial charge in [-0.2, -0.15) is 0 Å². The molecule has 0 radical (unpaired) electrons. The molecule has 0 bridgehead atoms.